The lowest BCUT2D eigenvalue weighted by Crippen LogP contribution is -2.39. The maximum absolute atomic E-state index is 12.9. The zero-order valence-electron chi connectivity index (χ0n) is 11.4. The first-order valence-electron chi connectivity index (χ1n) is 6.86. The standard InChI is InChI=1S/C14H16FN3O2S/c15-11-5-3-10(4-6-11)13-16-18(14(21)20-13)9-17-7-1-2-12(19)8-17/h3-6,12,19H,1-2,7-9H2/t12-/m1/s1. The smallest absolute Gasteiger partial charge is 0.288 e. The minimum absolute atomic E-state index is 0.273. The summed E-state index contributed by atoms with van der Waals surface area (Å²) >= 11 is 5.17. The average Bonchev–Trinajstić information content (AvgIpc) is 2.81. The molecule has 21 heavy (non-hydrogen) atoms. The normalized spacial score (nSPS) is 19.8. The van der Waals surface area contributed by atoms with E-state index in [9.17, 15) is 9.50 Å². The van der Waals surface area contributed by atoms with Crippen molar-refractivity contribution in [1.82, 2.24) is 14.7 Å². The molecule has 112 valence electrons. The van der Waals surface area contributed by atoms with Crippen molar-refractivity contribution >= 4 is 12.2 Å². The Kier molecular flexibility index (Phi) is 4.14. The van der Waals surface area contributed by atoms with Crippen LogP contribution in [0.5, 0.6) is 0 Å². The summed E-state index contributed by atoms with van der Waals surface area (Å²) in [5.41, 5.74) is 0.680. The highest BCUT2D eigenvalue weighted by molar-refractivity contribution is 7.71. The molecule has 7 heteroatoms. The molecule has 3 rings (SSSR count). The van der Waals surface area contributed by atoms with Gasteiger partial charge in [-0.1, -0.05) is 0 Å². The summed E-state index contributed by atoms with van der Waals surface area (Å²) in [5.74, 6) is 0.0663. The lowest BCUT2D eigenvalue weighted by atomic mass is 10.1. The SMILES string of the molecule is O[C@@H]1CCCN(Cn2nc(-c3ccc(F)cc3)oc2=S)C1. The largest absolute Gasteiger partial charge is 0.409 e. The van der Waals surface area contributed by atoms with Crippen LogP contribution in [0.1, 0.15) is 12.8 Å². The Morgan fingerprint density at radius 2 is 2.14 bits per heavy atom. The Balaban J connectivity index is 1.78. The van der Waals surface area contributed by atoms with E-state index in [1.807, 2.05) is 0 Å². The molecule has 0 unspecified atom stereocenters. The topological polar surface area (TPSA) is 54.4 Å². The Bertz CT molecular complexity index is 668. The summed E-state index contributed by atoms with van der Waals surface area (Å²) in [4.78, 5) is 2.36. The van der Waals surface area contributed by atoms with E-state index in [-0.39, 0.29) is 16.8 Å². The zero-order valence-corrected chi connectivity index (χ0v) is 12.2. The van der Waals surface area contributed by atoms with Crippen molar-refractivity contribution in [3.8, 4) is 11.5 Å². The molecule has 0 aliphatic carbocycles. The molecule has 0 bridgehead atoms. The van der Waals surface area contributed by atoms with E-state index in [0.29, 0.717) is 24.7 Å². The summed E-state index contributed by atoms with van der Waals surface area (Å²) < 4.78 is 20.0. The van der Waals surface area contributed by atoms with Crippen LogP contribution in [0.25, 0.3) is 11.5 Å². The molecule has 1 aromatic heterocycles. The van der Waals surface area contributed by atoms with Crippen molar-refractivity contribution < 1.29 is 13.9 Å². The molecule has 1 aliphatic heterocycles. The minimum atomic E-state index is -0.306. The number of aliphatic hydroxyl groups is 1. The third-order valence-corrected chi connectivity index (χ3v) is 3.81. The van der Waals surface area contributed by atoms with Crippen molar-refractivity contribution in [3.63, 3.8) is 0 Å². The summed E-state index contributed by atoms with van der Waals surface area (Å²) in [5, 5.41) is 14.0. The predicted octanol–water partition coefficient (Wildman–Crippen LogP) is 2.43. The van der Waals surface area contributed by atoms with Gasteiger partial charge in [0.05, 0.1) is 12.8 Å². The number of aliphatic hydroxyl groups excluding tert-OH is 1. The molecule has 0 spiro atoms. The molecule has 2 heterocycles. The third-order valence-electron chi connectivity index (χ3n) is 3.51. The molecule has 1 saturated heterocycles. The van der Waals surface area contributed by atoms with Crippen molar-refractivity contribution in [1.29, 1.82) is 0 Å². The molecule has 5 nitrogen and oxygen atoms in total. The second-order valence-electron chi connectivity index (χ2n) is 5.19. The Morgan fingerprint density at radius 3 is 2.86 bits per heavy atom. The number of hydrogen-bond donors (Lipinski definition) is 1. The van der Waals surface area contributed by atoms with E-state index in [2.05, 4.69) is 10.00 Å². The van der Waals surface area contributed by atoms with Crippen LogP contribution in [0.4, 0.5) is 4.39 Å². The molecule has 2 aromatic rings. The molecule has 1 aromatic carbocycles. The van der Waals surface area contributed by atoms with Crippen LogP contribution in [-0.2, 0) is 6.67 Å². The minimum Gasteiger partial charge on any atom is -0.409 e. The van der Waals surface area contributed by atoms with E-state index >= 15 is 0 Å². The fourth-order valence-corrected chi connectivity index (χ4v) is 2.63. The second kappa shape index (κ2) is 6.05. The van der Waals surface area contributed by atoms with Crippen molar-refractivity contribution in [2.75, 3.05) is 13.1 Å². The maximum atomic E-state index is 12.9. The van der Waals surface area contributed by atoms with Gasteiger partial charge >= 0.3 is 0 Å². The van der Waals surface area contributed by atoms with Gasteiger partial charge in [0.25, 0.3) is 4.84 Å². The lowest BCUT2D eigenvalue weighted by Gasteiger charge is -2.29. The quantitative estimate of drug-likeness (QED) is 0.883. The number of nitrogens with zero attached hydrogens (tertiary/aromatic N) is 3. The van der Waals surface area contributed by atoms with Gasteiger partial charge in [0.15, 0.2) is 0 Å². The van der Waals surface area contributed by atoms with Crippen LogP contribution >= 0.6 is 12.2 Å². The number of hydrogen-bond acceptors (Lipinski definition) is 5. The summed E-state index contributed by atoms with van der Waals surface area (Å²) in [6, 6.07) is 5.91. The summed E-state index contributed by atoms with van der Waals surface area (Å²) in [6.07, 6.45) is 1.50. The van der Waals surface area contributed by atoms with Crippen molar-refractivity contribution in [2.45, 2.75) is 25.6 Å². The molecular weight excluding hydrogens is 293 g/mol. The monoisotopic (exact) mass is 309 g/mol. The average molecular weight is 309 g/mol. The van der Waals surface area contributed by atoms with Gasteiger partial charge in [0.2, 0.25) is 5.89 Å². The zero-order chi connectivity index (χ0) is 14.8. The van der Waals surface area contributed by atoms with E-state index in [0.717, 1.165) is 19.4 Å². The van der Waals surface area contributed by atoms with Crippen LogP contribution in [0.15, 0.2) is 28.7 Å². The number of halogens is 1. The maximum Gasteiger partial charge on any atom is 0.288 e. The molecule has 0 amide bonds. The number of piperidine rings is 1. The van der Waals surface area contributed by atoms with Gasteiger partial charge in [0, 0.05) is 18.7 Å². The third kappa shape index (κ3) is 3.37. The van der Waals surface area contributed by atoms with Gasteiger partial charge in [-0.05, 0) is 49.3 Å². The molecule has 1 atom stereocenters. The van der Waals surface area contributed by atoms with Crippen LogP contribution < -0.4 is 0 Å². The number of likely N-dealkylation sites (tertiary alicyclic amines) is 1. The molecule has 0 radical (unpaired) electrons. The van der Waals surface area contributed by atoms with Gasteiger partial charge in [-0.15, -0.1) is 5.10 Å². The molecule has 1 N–H and O–H groups in total. The van der Waals surface area contributed by atoms with Crippen LogP contribution in [0, 0.1) is 10.7 Å². The fourth-order valence-electron chi connectivity index (χ4n) is 2.45. The van der Waals surface area contributed by atoms with Gasteiger partial charge in [-0.2, -0.15) is 0 Å². The van der Waals surface area contributed by atoms with Gasteiger partial charge in [-0.3, -0.25) is 4.90 Å². The predicted molar refractivity (Wildman–Crippen MR) is 77.5 cm³/mol. The highest BCUT2D eigenvalue weighted by Gasteiger charge is 2.19. The van der Waals surface area contributed by atoms with Crippen molar-refractivity contribution in [3.05, 3.63) is 34.9 Å². The van der Waals surface area contributed by atoms with E-state index in [1.165, 1.54) is 12.1 Å². The first kappa shape index (κ1) is 14.4. The summed E-state index contributed by atoms with van der Waals surface area (Å²) in [6.45, 7) is 2.00. The lowest BCUT2D eigenvalue weighted by molar-refractivity contribution is 0.0509. The molecule has 1 fully saturated rings. The van der Waals surface area contributed by atoms with E-state index in [1.54, 1.807) is 16.8 Å². The van der Waals surface area contributed by atoms with Crippen LogP contribution in [0.3, 0.4) is 0 Å². The van der Waals surface area contributed by atoms with Gasteiger partial charge < -0.3 is 9.52 Å². The summed E-state index contributed by atoms with van der Waals surface area (Å²) in [7, 11) is 0. The Labute approximate surface area is 126 Å². The van der Waals surface area contributed by atoms with Gasteiger partial charge in [0.1, 0.15) is 5.82 Å². The van der Waals surface area contributed by atoms with Crippen LogP contribution in [-0.4, -0.2) is 39.0 Å². The Hall–Kier alpha value is -1.57. The molecule has 0 saturated carbocycles. The highest BCUT2D eigenvalue weighted by Crippen LogP contribution is 2.19. The second-order valence-corrected chi connectivity index (χ2v) is 5.54. The van der Waals surface area contributed by atoms with E-state index in [4.69, 9.17) is 16.6 Å². The number of benzene rings is 1. The van der Waals surface area contributed by atoms with E-state index < -0.39 is 0 Å². The van der Waals surface area contributed by atoms with Gasteiger partial charge in [-0.25, -0.2) is 9.07 Å². The fraction of sp³-hybridized carbons (Fsp3) is 0.429. The van der Waals surface area contributed by atoms with Crippen LogP contribution in [0.2, 0.25) is 0 Å². The number of aromatic nitrogens is 2. The molecular formula is C14H16FN3O2S. The Morgan fingerprint density at radius 1 is 1.38 bits per heavy atom. The first-order chi connectivity index (χ1) is 10.1. The van der Waals surface area contributed by atoms with Crippen molar-refractivity contribution in [2.24, 2.45) is 0 Å². The first-order valence-corrected chi connectivity index (χ1v) is 7.27. The highest BCUT2D eigenvalue weighted by atomic mass is 32.1. The molecule has 1 aliphatic rings. The number of β-amino-alcohol motifs (C(OH)–C–C–N with tert-alkyl or cyclic N) is 1. The number of rotatable bonds is 3.